The van der Waals surface area contributed by atoms with Gasteiger partial charge in [0.2, 0.25) is 0 Å². The van der Waals surface area contributed by atoms with Crippen molar-refractivity contribution >= 4 is 6.08 Å². The van der Waals surface area contributed by atoms with Gasteiger partial charge in [0.1, 0.15) is 5.82 Å². The van der Waals surface area contributed by atoms with Crippen LogP contribution in [-0.4, -0.2) is 11.7 Å². The molecule has 70 valence electrons. The highest BCUT2D eigenvalue weighted by Gasteiger charge is 1.99. The van der Waals surface area contributed by atoms with Crippen LogP contribution in [0, 0.1) is 5.82 Å². The molecular weight excluding hydrogens is 169 g/mol. The van der Waals surface area contributed by atoms with Crippen LogP contribution in [0.25, 0.3) is 6.08 Å². The molecule has 0 heterocycles. The number of halogens is 1. The van der Waals surface area contributed by atoms with E-state index in [0.717, 1.165) is 5.56 Å². The largest absolute Gasteiger partial charge is 0.392 e. The molecule has 0 fully saturated rings. The van der Waals surface area contributed by atoms with E-state index in [1.165, 1.54) is 6.07 Å². The average molecular weight is 181 g/mol. The van der Waals surface area contributed by atoms with Crippen LogP contribution in [0.4, 0.5) is 4.39 Å². The third-order valence-electron chi connectivity index (χ3n) is 1.69. The first kappa shape index (κ1) is 9.89. The summed E-state index contributed by atoms with van der Waals surface area (Å²) in [6.45, 7) is 0.163. The standard InChI is InChI=1S/C10H12FNO/c11-10-6-8(2-1-5-12)3-4-9(10)7-13/h1-4,6,13H,5,7,12H2. The van der Waals surface area contributed by atoms with Crippen molar-refractivity contribution in [3.8, 4) is 0 Å². The zero-order valence-electron chi connectivity index (χ0n) is 7.20. The molecule has 2 nitrogen and oxygen atoms in total. The van der Waals surface area contributed by atoms with Gasteiger partial charge in [-0.3, -0.25) is 0 Å². The minimum absolute atomic E-state index is 0.271. The summed E-state index contributed by atoms with van der Waals surface area (Å²) >= 11 is 0. The smallest absolute Gasteiger partial charge is 0.129 e. The van der Waals surface area contributed by atoms with Gasteiger partial charge in [-0.05, 0) is 11.6 Å². The highest BCUT2D eigenvalue weighted by atomic mass is 19.1. The van der Waals surface area contributed by atoms with Crippen LogP contribution < -0.4 is 5.73 Å². The minimum Gasteiger partial charge on any atom is -0.392 e. The van der Waals surface area contributed by atoms with Crippen molar-refractivity contribution in [2.45, 2.75) is 6.61 Å². The Morgan fingerprint density at radius 2 is 2.23 bits per heavy atom. The Bertz CT molecular complexity index is 310. The van der Waals surface area contributed by atoms with Crippen molar-refractivity contribution < 1.29 is 9.50 Å². The number of hydrogen-bond acceptors (Lipinski definition) is 2. The summed E-state index contributed by atoms with van der Waals surface area (Å²) in [6.07, 6.45) is 3.48. The number of hydrogen-bond donors (Lipinski definition) is 2. The lowest BCUT2D eigenvalue weighted by Crippen LogP contribution is -1.93. The molecule has 13 heavy (non-hydrogen) atoms. The van der Waals surface area contributed by atoms with Gasteiger partial charge in [-0.25, -0.2) is 4.39 Å². The topological polar surface area (TPSA) is 46.2 Å². The number of aliphatic hydroxyl groups is 1. The van der Waals surface area contributed by atoms with Crippen LogP contribution in [-0.2, 0) is 6.61 Å². The monoisotopic (exact) mass is 181 g/mol. The summed E-state index contributed by atoms with van der Waals surface area (Å²) in [4.78, 5) is 0. The molecule has 0 aromatic heterocycles. The van der Waals surface area contributed by atoms with Gasteiger partial charge in [-0.15, -0.1) is 0 Å². The number of rotatable bonds is 3. The first-order chi connectivity index (χ1) is 6.27. The second kappa shape index (κ2) is 4.74. The molecule has 1 aromatic carbocycles. The third-order valence-corrected chi connectivity index (χ3v) is 1.69. The van der Waals surface area contributed by atoms with E-state index in [9.17, 15) is 4.39 Å². The predicted octanol–water partition coefficient (Wildman–Crippen LogP) is 1.29. The van der Waals surface area contributed by atoms with Gasteiger partial charge in [-0.1, -0.05) is 24.3 Å². The Morgan fingerprint density at radius 1 is 1.46 bits per heavy atom. The lowest BCUT2D eigenvalue weighted by atomic mass is 10.1. The van der Waals surface area contributed by atoms with Crippen molar-refractivity contribution in [1.29, 1.82) is 0 Å². The molecule has 0 saturated heterocycles. The van der Waals surface area contributed by atoms with Crippen LogP contribution in [0.1, 0.15) is 11.1 Å². The van der Waals surface area contributed by atoms with Crippen molar-refractivity contribution in [3.05, 3.63) is 41.2 Å². The first-order valence-corrected chi connectivity index (χ1v) is 4.04. The summed E-state index contributed by atoms with van der Waals surface area (Å²) in [6, 6.07) is 4.67. The highest BCUT2D eigenvalue weighted by molar-refractivity contribution is 5.50. The molecule has 0 amide bonds. The Morgan fingerprint density at radius 3 is 2.77 bits per heavy atom. The van der Waals surface area contributed by atoms with Crippen LogP contribution in [0.15, 0.2) is 24.3 Å². The summed E-state index contributed by atoms with van der Waals surface area (Å²) in [5, 5.41) is 8.71. The summed E-state index contributed by atoms with van der Waals surface area (Å²) in [5.74, 6) is -0.387. The van der Waals surface area contributed by atoms with E-state index in [-0.39, 0.29) is 12.4 Å². The quantitative estimate of drug-likeness (QED) is 0.738. The highest BCUT2D eigenvalue weighted by Crippen LogP contribution is 2.11. The lowest BCUT2D eigenvalue weighted by Gasteiger charge is -1.99. The van der Waals surface area contributed by atoms with Crippen molar-refractivity contribution in [2.75, 3.05) is 6.54 Å². The van der Waals surface area contributed by atoms with Crippen LogP contribution in [0.3, 0.4) is 0 Å². The number of aliphatic hydroxyl groups excluding tert-OH is 1. The van der Waals surface area contributed by atoms with E-state index < -0.39 is 0 Å². The fourth-order valence-corrected chi connectivity index (χ4v) is 1.000. The van der Waals surface area contributed by atoms with Gasteiger partial charge < -0.3 is 10.8 Å². The third kappa shape index (κ3) is 2.65. The predicted molar refractivity (Wildman–Crippen MR) is 50.4 cm³/mol. The second-order valence-electron chi connectivity index (χ2n) is 2.65. The molecule has 1 rings (SSSR count). The molecule has 0 saturated carbocycles. The molecule has 0 radical (unpaired) electrons. The van der Waals surface area contributed by atoms with Gasteiger partial charge in [0.05, 0.1) is 6.61 Å². The average Bonchev–Trinajstić information content (AvgIpc) is 2.15. The molecule has 0 aliphatic rings. The van der Waals surface area contributed by atoms with E-state index in [1.807, 2.05) is 0 Å². The minimum atomic E-state index is -0.387. The maximum atomic E-state index is 13.1. The van der Waals surface area contributed by atoms with E-state index in [4.69, 9.17) is 10.8 Å². The Balaban J connectivity index is 2.89. The van der Waals surface area contributed by atoms with Gasteiger partial charge in [-0.2, -0.15) is 0 Å². The lowest BCUT2D eigenvalue weighted by molar-refractivity contribution is 0.275. The Labute approximate surface area is 76.5 Å². The van der Waals surface area contributed by atoms with E-state index >= 15 is 0 Å². The molecule has 0 aliphatic carbocycles. The second-order valence-corrected chi connectivity index (χ2v) is 2.65. The Hall–Kier alpha value is -1.19. The summed E-state index contributed by atoms with van der Waals surface area (Å²) in [7, 11) is 0. The van der Waals surface area contributed by atoms with Gasteiger partial charge in [0.25, 0.3) is 0 Å². The van der Waals surface area contributed by atoms with Crippen LogP contribution >= 0.6 is 0 Å². The zero-order valence-corrected chi connectivity index (χ0v) is 7.20. The maximum Gasteiger partial charge on any atom is 0.129 e. The molecule has 0 aliphatic heterocycles. The van der Waals surface area contributed by atoms with Gasteiger partial charge in [0, 0.05) is 12.1 Å². The van der Waals surface area contributed by atoms with Crippen LogP contribution in [0.5, 0.6) is 0 Å². The molecular formula is C10H12FNO. The molecule has 0 spiro atoms. The van der Waals surface area contributed by atoms with Gasteiger partial charge in [0.15, 0.2) is 0 Å². The Kier molecular flexibility index (Phi) is 3.61. The molecule has 0 bridgehead atoms. The maximum absolute atomic E-state index is 13.1. The zero-order chi connectivity index (χ0) is 9.68. The normalized spacial score (nSPS) is 11.0. The van der Waals surface area contributed by atoms with E-state index in [1.54, 1.807) is 24.3 Å². The number of nitrogens with two attached hydrogens (primary N) is 1. The van der Waals surface area contributed by atoms with Crippen molar-refractivity contribution in [1.82, 2.24) is 0 Å². The fourth-order valence-electron chi connectivity index (χ4n) is 1.000. The first-order valence-electron chi connectivity index (χ1n) is 4.04. The molecule has 3 N–H and O–H groups in total. The molecule has 0 unspecified atom stereocenters. The number of benzene rings is 1. The van der Waals surface area contributed by atoms with E-state index in [0.29, 0.717) is 12.1 Å². The molecule has 1 aromatic rings. The van der Waals surface area contributed by atoms with E-state index in [2.05, 4.69) is 0 Å². The fraction of sp³-hybridized carbons (Fsp3) is 0.200. The molecule has 0 atom stereocenters. The van der Waals surface area contributed by atoms with Crippen molar-refractivity contribution in [3.63, 3.8) is 0 Å². The summed E-state index contributed by atoms with van der Waals surface area (Å²) in [5.41, 5.74) is 6.31. The van der Waals surface area contributed by atoms with Crippen molar-refractivity contribution in [2.24, 2.45) is 5.73 Å². The van der Waals surface area contributed by atoms with Gasteiger partial charge >= 0.3 is 0 Å². The van der Waals surface area contributed by atoms with Crippen LogP contribution in [0.2, 0.25) is 0 Å². The molecule has 3 heteroatoms. The summed E-state index contributed by atoms with van der Waals surface area (Å²) < 4.78 is 13.1. The SMILES string of the molecule is NCC=Cc1ccc(CO)c(F)c1.